The summed E-state index contributed by atoms with van der Waals surface area (Å²) in [5, 5.41) is 10.6. The second kappa shape index (κ2) is 11.1. The third-order valence-electron chi connectivity index (χ3n) is 4.05. The van der Waals surface area contributed by atoms with Crippen LogP contribution in [0.5, 0.6) is 17.2 Å². The number of non-ortho nitro benzene ring substituents is 1. The summed E-state index contributed by atoms with van der Waals surface area (Å²) in [7, 11) is 0. The Bertz CT molecular complexity index is 1050. The standard InChI is InChI=1S/C23H19NO8/c25-22(16-31-20-12-8-18(9-13-20)24(27)28)32-21-10-6-17(7-11-21)23(26)30-15-14-29-19-4-2-1-3-5-19/h1-13H,14-16H2. The molecule has 0 aliphatic carbocycles. The van der Waals surface area contributed by atoms with Gasteiger partial charge in [-0.1, -0.05) is 18.2 Å². The van der Waals surface area contributed by atoms with Crippen molar-refractivity contribution in [3.8, 4) is 17.2 Å². The average Bonchev–Trinajstić information content (AvgIpc) is 2.82. The first-order chi connectivity index (χ1) is 15.5. The molecule has 0 aromatic heterocycles. The molecule has 0 heterocycles. The molecule has 0 unspecified atom stereocenters. The van der Waals surface area contributed by atoms with Crippen LogP contribution < -0.4 is 14.2 Å². The zero-order valence-electron chi connectivity index (χ0n) is 16.8. The lowest BCUT2D eigenvalue weighted by molar-refractivity contribution is -0.384. The van der Waals surface area contributed by atoms with Crippen LogP contribution in [0.1, 0.15) is 10.4 Å². The first kappa shape index (κ1) is 22.3. The van der Waals surface area contributed by atoms with Gasteiger partial charge in [0.2, 0.25) is 0 Å². The van der Waals surface area contributed by atoms with Gasteiger partial charge < -0.3 is 18.9 Å². The van der Waals surface area contributed by atoms with Crippen LogP contribution in [0.4, 0.5) is 5.69 Å². The molecule has 0 N–H and O–H groups in total. The van der Waals surface area contributed by atoms with Gasteiger partial charge in [-0.15, -0.1) is 0 Å². The van der Waals surface area contributed by atoms with Crippen molar-refractivity contribution in [3.05, 3.63) is 94.5 Å². The number of carbonyl (C=O) groups excluding carboxylic acids is 2. The van der Waals surface area contributed by atoms with Crippen molar-refractivity contribution in [2.45, 2.75) is 0 Å². The minimum absolute atomic E-state index is 0.0812. The van der Waals surface area contributed by atoms with Gasteiger partial charge in [0, 0.05) is 12.1 Å². The summed E-state index contributed by atoms with van der Waals surface area (Å²) in [5.74, 6) is 0.0122. The number of esters is 2. The molecule has 3 aromatic rings. The summed E-state index contributed by atoms with van der Waals surface area (Å²) in [6.45, 7) is -0.0757. The monoisotopic (exact) mass is 437 g/mol. The minimum atomic E-state index is -0.670. The highest BCUT2D eigenvalue weighted by Crippen LogP contribution is 2.18. The molecular formula is C23H19NO8. The van der Waals surface area contributed by atoms with Crippen molar-refractivity contribution >= 4 is 17.6 Å². The Balaban J connectivity index is 1.39. The fraction of sp³-hybridized carbons (Fsp3) is 0.130. The predicted molar refractivity (Wildman–Crippen MR) is 113 cm³/mol. The SMILES string of the molecule is O=C(COc1ccc([N+](=O)[O-])cc1)Oc1ccc(C(=O)OCCOc2ccccc2)cc1. The summed E-state index contributed by atoms with van der Waals surface area (Å²) in [4.78, 5) is 34.1. The van der Waals surface area contributed by atoms with E-state index in [-0.39, 0.29) is 31.3 Å². The Morgan fingerprint density at radius 1 is 0.750 bits per heavy atom. The molecule has 0 saturated carbocycles. The molecule has 0 amide bonds. The molecule has 0 aliphatic heterocycles. The molecule has 0 aliphatic rings. The molecule has 164 valence electrons. The quantitative estimate of drug-likeness (QED) is 0.155. The van der Waals surface area contributed by atoms with E-state index in [1.54, 1.807) is 12.1 Å². The lowest BCUT2D eigenvalue weighted by atomic mass is 10.2. The second-order valence-electron chi connectivity index (χ2n) is 6.34. The Hall–Kier alpha value is -4.40. The number of hydrogen-bond acceptors (Lipinski definition) is 8. The van der Waals surface area contributed by atoms with Crippen LogP contribution in [0, 0.1) is 10.1 Å². The number of carbonyl (C=O) groups is 2. The first-order valence-corrected chi connectivity index (χ1v) is 9.54. The summed E-state index contributed by atoms with van der Waals surface area (Å²) in [5.41, 5.74) is 0.217. The van der Waals surface area contributed by atoms with Gasteiger partial charge in [0.15, 0.2) is 6.61 Å². The molecule has 0 fully saturated rings. The molecule has 0 bridgehead atoms. The maximum absolute atomic E-state index is 12.1. The molecule has 32 heavy (non-hydrogen) atoms. The normalized spacial score (nSPS) is 10.1. The Morgan fingerprint density at radius 3 is 2.03 bits per heavy atom. The fourth-order valence-corrected chi connectivity index (χ4v) is 2.52. The average molecular weight is 437 g/mol. The van der Waals surface area contributed by atoms with E-state index in [9.17, 15) is 19.7 Å². The zero-order chi connectivity index (χ0) is 22.8. The third-order valence-corrected chi connectivity index (χ3v) is 4.05. The number of rotatable bonds is 10. The highest BCUT2D eigenvalue weighted by Gasteiger charge is 2.11. The molecule has 9 heteroatoms. The molecule has 0 radical (unpaired) electrons. The number of para-hydroxylation sites is 1. The van der Waals surface area contributed by atoms with Crippen molar-refractivity contribution in [2.24, 2.45) is 0 Å². The Kier molecular flexibility index (Phi) is 7.74. The summed E-state index contributed by atoms with van der Waals surface area (Å²) < 4.78 is 21.0. The topological polar surface area (TPSA) is 114 Å². The van der Waals surface area contributed by atoms with Crippen molar-refractivity contribution in [1.29, 1.82) is 0 Å². The maximum Gasteiger partial charge on any atom is 0.349 e. The highest BCUT2D eigenvalue weighted by atomic mass is 16.6. The van der Waals surface area contributed by atoms with Crippen LogP contribution in [0.15, 0.2) is 78.9 Å². The molecule has 0 spiro atoms. The number of ether oxygens (including phenoxy) is 4. The van der Waals surface area contributed by atoms with Gasteiger partial charge in [0.25, 0.3) is 5.69 Å². The van der Waals surface area contributed by atoms with E-state index in [4.69, 9.17) is 18.9 Å². The molecule has 9 nitrogen and oxygen atoms in total. The van der Waals surface area contributed by atoms with E-state index < -0.39 is 16.9 Å². The minimum Gasteiger partial charge on any atom is -0.490 e. The molecule has 3 rings (SSSR count). The van der Waals surface area contributed by atoms with E-state index in [0.29, 0.717) is 17.1 Å². The summed E-state index contributed by atoms with van der Waals surface area (Å²) in [6.07, 6.45) is 0. The van der Waals surface area contributed by atoms with E-state index in [1.807, 2.05) is 18.2 Å². The van der Waals surface area contributed by atoms with Crippen molar-refractivity contribution < 1.29 is 33.5 Å². The van der Waals surface area contributed by atoms with Crippen LogP contribution >= 0.6 is 0 Å². The van der Waals surface area contributed by atoms with Crippen molar-refractivity contribution in [1.82, 2.24) is 0 Å². The van der Waals surface area contributed by atoms with Crippen LogP contribution in [0.25, 0.3) is 0 Å². The zero-order valence-corrected chi connectivity index (χ0v) is 16.8. The molecule has 0 atom stereocenters. The van der Waals surface area contributed by atoms with Crippen LogP contribution in [-0.2, 0) is 9.53 Å². The van der Waals surface area contributed by atoms with E-state index in [2.05, 4.69) is 0 Å². The largest absolute Gasteiger partial charge is 0.490 e. The third kappa shape index (κ3) is 6.84. The van der Waals surface area contributed by atoms with Gasteiger partial charge in [0.1, 0.15) is 30.5 Å². The fourth-order valence-electron chi connectivity index (χ4n) is 2.52. The number of hydrogen-bond donors (Lipinski definition) is 0. The first-order valence-electron chi connectivity index (χ1n) is 9.54. The molecule has 0 saturated heterocycles. The van der Waals surface area contributed by atoms with Gasteiger partial charge in [0.05, 0.1) is 10.5 Å². The lowest BCUT2D eigenvalue weighted by Crippen LogP contribution is -2.17. The van der Waals surface area contributed by atoms with E-state index in [0.717, 1.165) is 0 Å². The van der Waals surface area contributed by atoms with Crippen molar-refractivity contribution in [2.75, 3.05) is 19.8 Å². The Labute approximate surface area is 183 Å². The van der Waals surface area contributed by atoms with Gasteiger partial charge in [-0.25, -0.2) is 9.59 Å². The number of nitro benzene ring substituents is 1. The summed E-state index contributed by atoms with van der Waals surface area (Å²) in [6, 6.07) is 20.3. The predicted octanol–water partition coefficient (Wildman–Crippen LogP) is 3.82. The number of benzene rings is 3. The molecular weight excluding hydrogens is 418 g/mol. The molecule has 3 aromatic carbocycles. The van der Waals surface area contributed by atoms with Gasteiger partial charge in [-0.2, -0.15) is 0 Å². The van der Waals surface area contributed by atoms with Gasteiger partial charge >= 0.3 is 11.9 Å². The van der Waals surface area contributed by atoms with E-state index >= 15 is 0 Å². The number of nitrogens with zero attached hydrogens (tertiary/aromatic N) is 1. The highest BCUT2D eigenvalue weighted by molar-refractivity contribution is 5.89. The Morgan fingerprint density at radius 2 is 1.38 bits per heavy atom. The van der Waals surface area contributed by atoms with Crippen molar-refractivity contribution in [3.63, 3.8) is 0 Å². The maximum atomic E-state index is 12.1. The smallest absolute Gasteiger partial charge is 0.349 e. The van der Waals surface area contributed by atoms with Crippen LogP contribution in [-0.4, -0.2) is 36.7 Å². The van der Waals surface area contributed by atoms with Crippen LogP contribution in [0.3, 0.4) is 0 Å². The van der Waals surface area contributed by atoms with Crippen LogP contribution in [0.2, 0.25) is 0 Å². The second-order valence-corrected chi connectivity index (χ2v) is 6.34. The lowest BCUT2D eigenvalue weighted by Gasteiger charge is -2.08. The van der Waals surface area contributed by atoms with Gasteiger partial charge in [-0.3, -0.25) is 10.1 Å². The van der Waals surface area contributed by atoms with Gasteiger partial charge in [-0.05, 0) is 48.5 Å². The van der Waals surface area contributed by atoms with E-state index in [1.165, 1.54) is 48.5 Å². The number of nitro groups is 1. The summed E-state index contributed by atoms with van der Waals surface area (Å²) >= 11 is 0.